The molecule has 144 valence electrons. The summed E-state index contributed by atoms with van der Waals surface area (Å²) < 4.78 is 10.2. The van der Waals surface area contributed by atoms with Crippen LogP contribution in [0.4, 0.5) is 11.1 Å². The Kier molecular flexibility index (Phi) is 5.05. The van der Waals surface area contributed by atoms with Gasteiger partial charge in [-0.2, -0.15) is 9.36 Å². The third kappa shape index (κ3) is 3.67. The Hall–Kier alpha value is -1.41. The lowest BCUT2D eigenvalue weighted by Gasteiger charge is -2.47. The number of piperidine rings is 2. The molecule has 0 aromatic carbocycles. The van der Waals surface area contributed by atoms with E-state index in [0.717, 1.165) is 76.0 Å². The number of amides is 1. The average molecular weight is 380 g/mol. The number of carbonyl (C=O) groups excluding carboxylic acids is 1. The normalized spacial score (nSPS) is 25.9. The minimum atomic E-state index is 0.250. The van der Waals surface area contributed by atoms with E-state index < -0.39 is 0 Å². The molecule has 0 aliphatic carbocycles. The van der Waals surface area contributed by atoms with Crippen molar-refractivity contribution in [2.75, 3.05) is 56.7 Å². The number of rotatable bonds is 4. The van der Waals surface area contributed by atoms with Gasteiger partial charge in [0.15, 0.2) is 0 Å². The van der Waals surface area contributed by atoms with Crippen LogP contribution in [0.5, 0.6) is 0 Å². The third-order valence-corrected chi connectivity index (χ3v) is 6.86. The van der Waals surface area contributed by atoms with E-state index >= 15 is 0 Å². The van der Waals surface area contributed by atoms with Crippen LogP contribution in [0.3, 0.4) is 0 Å². The maximum absolute atomic E-state index is 12.4. The van der Waals surface area contributed by atoms with Gasteiger partial charge in [0.1, 0.15) is 0 Å². The molecule has 3 aliphatic heterocycles. The number of aromatic nitrogens is 2. The van der Waals surface area contributed by atoms with Gasteiger partial charge in [0.05, 0.1) is 6.10 Å². The first-order valence-corrected chi connectivity index (χ1v) is 10.5. The first kappa shape index (κ1) is 18.0. The standard InChI is InChI=1S/C18H29N5O2S/c1-21(2)16-19-17(26-20-16)22-9-7-18(8-10-22)6-5-15(24)23(13-18)12-14-4-3-11-25-14/h14H,3-13H2,1-2H3/t14-/m0/s1. The zero-order chi connectivity index (χ0) is 18.1. The highest BCUT2D eigenvalue weighted by atomic mass is 32.1. The fourth-order valence-corrected chi connectivity index (χ4v) is 5.19. The maximum atomic E-state index is 12.4. The van der Waals surface area contributed by atoms with Crippen molar-refractivity contribution in [3.63, 3.8) is 0 Å². The Morgan fingerprint density at radius 2 is 2.12 bits per heavy atom. The monoisotopic (exact) mass is 379 g/mol. The molecule has 3 saturated heterocycles. The highest BCUT2D eigenvalue weighted by Crippen LogP contribution is 2.41. The Morgan fingerprint density at radius 3 is 2.77 bits per heavy atom. The van der Waals surface area contributed by atoms with Gasteiger partial charge in [-0.15, -0.1) is 0 Å². The fourth-order valence-electron chi connectivity index (χ4n) is 4.40. The molecule has 4 heterocycles. The summed E-state index contributed by atoms with van der Waals surface area (Å²) in [5.74, 6) is 1.10. The molecule has 1 spiro atoms. The minimum absolute atomic E-state index is 0.250. The Bertz CT molecular complexity index is 635. The van der Waals surface area contributed by atoms with E-state index in [4.69, 9.17) is 4.74 Å². The van der Waals surface area contributed by atoms with Crippen LogP contribution in [-0.2, 0) is 9.53 Å². The SMILES string of the molecule is CN(C)c1nsc(N2CCC3(CCC(=O)N(C[C@@H]4CCCO4)C3)CC2)n1. The van der Waals surface area contributed by atoms with Gasteiger partial charge in [-0.25, -0.2) is 0 Å². The summed E-state index contributed by atoms with van der Waals surface area (Å²) in [6.07, 6.45) is 6.44. The van der Waals surface area contributed by atoms with Crippen LogP contribution in [0, 0.1) is 5.41 Å². The second-order valence-electron chi connectivity index (χ2n) is 8.17. The molecule has 0 N–H and O–H groups in total. The fraction of sp³-hybridized carbons (Fsp3) is 0.833. The summed E-state index contributed by atoms with van der Waals surface area (Å²) in [5.41, 5.74) is 0.276. The molecule has 7 nitrogen and oxygen atoms in total. The van der Waals surface area contributed by atoms with E-state index in [1.165, 1.54) is 11.5 Å². The quantitative estimate of drug-likeness (QED) is 0.797. The van der Waals surface area contributed by atoms with Gasteiger partial charge >= 0.3 is 0 Å². The number of nitrogens with zero attached hydrogens (tertiary/aromatic N) is 5. The molecule has 1 atom stereocenters. The van der Waals surface area contributed by atoms with Crippen LogP contribution in [0.25, 0.3) is 0 Å². The topological polar surface area (TPSA) is 61.8 Å². The molecule has 1 aromatic rings. The average Bonchev–Trinajstić information content (AvgIpc) is 3.31. The molecule has 0 radical (unpaired) electrons. The van der Waals surface area contributed by atoms with E-state index in [0.29, 0.717) is 12.3 Å². The van der Waals surface area contributed by atoms with Crippen LogP contribution < -0.4 is 9.80 Å². The predicted octanol–water partition coefficient (Wildman–Crippen LogP) is 1.99. The summed E-state index contributed by atoms with van der Waals surface area (Å²) >= 11 is 1.48. The number of hydrogen-bond donors (Lipinski definition) is 0. The Balaban J connectivity index is 1.36. The predicted molar refractivity (Wildman–Crippen MR) is 103 cm³/mol. The van der Waals surface area contributed by atoms with Crippen LogP contribution in [0.1, 0.15) is 38.5 Å². The van der Waals surface area contributed by atoms with Gasteiger partial charge in [0, 0.05) is 64.8 Å². The molecule has 0 bridgehead atoms. The third-order valence-electron chi connectivity index (χ3n) is 6.10. The largest absolute Gasteiger partial charge is 0.376 e. The van der Waals surface area contributed by atoms with Gasteiger partial charge in [0.25, 0.3) is 0 Å². The van der Waals surface area contributed by atoms with Crippen LogP contribution >= 0.6 is 11.5 Å². The number of likely N-dealkylation sites (tertiary alicyclic amines) is 1. The minimum Gasteiger partial charge on any atom is -0.376 e. The van der Waals surface area contributed by atoms with Gasteiger partial charge in [-0.05, 0) is 37.5 Å². The van der Waals surface area contributed by atoms with E-state index in [-0.39, 0.29) is 11.5 Å². The summed E-state index contributed by atoms with van der Waals surface area (Å²) in [5, 5.41) is 1.02. The Morgan fingerprint density at radius 1 is 1.31 bits per heavy atom. The number of ether oxygens (including phenoxy) is 1. The first-order chi connectivity index (χ1) is 12.5. The number of hydrogen-bond acceptors (Lipinski definition) is 7. The molecular weight excluding hydrogens is 350 g/mol. The van der Waals surface area contributed by atoms with Crippen LogP contribution in [0.15, 0.2) is 0 Å². The van der Waals surface area contributed by atoms with E-state index in [9.17, 15) is 4.79 Å². The van der Waals surface area contributed by atoms with E-state index in [2.05, 4.69) is 19.2 Å². The van der Waals surface area contributed by atoms with Gasteiger partial charge in [-0.3, -0.25) is 4.79 Å². The molecular formula is C18H29N5O2S. The lowest BCUT2D eigenvalue weighted by atomic mass is 9.72. The number of anilines is 2. The lowest BCUT2D eigenvalue weighted by molar-refractivity contribution is -0.140. The zero-order valence-corrected chi connectivity index (χ0v) is 16.6. The van der Waals surface area contributed by atoms with Gasteiger partial charge < -0.3 is 19.4 Å². The molecule has 3 aliphatic rings. The molecule has 8 heteroatoms. The van der Waals surface area contributed by atoms with E-state index in [1.54, 1.807) is 0 Å². The molecule has 0 unspecified atom stereocenters. The zero-order valence-electron chi connectivity index (χ0n) is 15.8. The van der Waals surface area contributed by atoms with Crippen molar-refractivity contribution in [1.29, 1.82) is 0 Å². The van der Waals surface area contributed by atoms with Gasteiger partial charge in [-0.1, -0.05) is 0 Å². The number of carbonyl (C=O) groups is 1. The van der Waals surface area contributed by atoms with Crippen molar-refractivity contribution in [2.24, 2.45) is 5.41 Å². The summed E-state index contributed by atoms with van der Waals surface area (Å²) in [6.45, 7) is 4.54. The Labute approximate surface area is 159 Å². The van der Waals surface area contributed by atoms with E-state index in [1.807, 2.05) is 19.0 Å². The van der Waals surface area contributed by atoms with Crippen molar-refractivity contribution in [3.8, 4) is 0 Å². The highest BCUT2D eigenvalue weighted by molar-refractivity contribution is 7.09. The molecule has 26 heavy (non-hydrogen) atoms. The van der Waals surface area contributed by atoms with Crippen molar-refractivity contribution >= 4 is 28.5 Å². The lowest BCUT2D eigenvalue weighted by Crippen LogP contribution is -2.53. The van der Waals surface area contributed by atoms with Crippen molar-refractivity contribution < 1.29 is 9.53 Å². The van der Waals surface area contributed by atoms with Crippen LogP contribution in [0.2, 0.25) is 0 Å². The van der Waals surface area contributed by atoms with Gasteiger partial charge in [0.2, 0.25) is 17.0 Å². The molecule has 1 aromatic heterocycles. The molecule has 3 fully saturated rings. The van der Waals surface area contributed by atoms with Crippen molar-refractivity contribution in [1.82, 2.24) is 14.3 Å². The van der Waals surface area contributed by atoms with Crippen LogP contribution in [-0.4, -0.2) is 73.1 Å². The molecule has 1 amide bonds. The summed E-state index contributed by atoms with van der Waals surface area (Å²) in [6, 6.07) is 0. The first-order valence-electron chi connectivity index (χ1n) is 9.70. The second kappa shape index (κ2) is 7.31. The van der Waals surface area contributed by atoms with Crippen molar-refractivity contribution in [2.45, 2.75) is 44.6 Å². The van der Waals surface area contributed by atoms with Crippen molar-refractivity contribution in [3.05, 3.63) is 0 Å². The molecule has 4 rings (SSSR count). The highest BCUT2D eigenvalue weighted by Gasteiger charge is 2.42. The summed E-state index contributed by atoms with van der Waals surface area (Å²) in [4.78, 5) is 23.4. The smallest absolute Gasteiger partial charge is 0.238 e. The second-order valence-corrected chi connectivity index (χ2v) is 8.90. The summed E-state index contributed by atoms with van der Waals surface area (Å²) in [7, 11) is 3.94. The maximum Gasteiger partial charge on any atom is 0.238 e. The molecule has 0 saturated carbocycles.